The second kappa shape index (κ2) is 9.88. The van der Waals surface area contributed by atoms with Gasteiger partial charge in [-0.3, -0.25) is 9.69 Å². The molecule has 0 spiro atoms. The summed E-state index contributed by atoms with van der Waals surface area (Å²) in [5, 5.41) is 1.22. The molecule has 7 heteroatoms. The summed E-state index contributed by atoms with van der Waals surface area (Å²) in [5.74, 6) is -0.00352. The molecule has 4 rings (SSSR count). The van der Waals surface area contributed by atoms with Gasteiger partial charge in [-0.1, -0.05) is 43.4 Å². The number of carbonyl (C=O) groups excluding carboxylic acids is 1. The van der Waals surface area contributed by atoms with E-state index >= 15 is 0 Å². The molecule has 0 saturated heterocycles. The third-order valence-corrected chi connectivity index (χ3v) is 7.43. The molecule has 2 heterocycles. The Labute approximate surface area is 197 Å². The van der Waals surface area contributed by atoms with E-state index < -0.39 is 0 Å². The molecule has 0 bridgehead atoms. The van der Waals surface area contributed by atoms with Gasteiger partial charge in [0.25, 0.3) is 5.91 Å². The molecule has 0 N–H and O–H groups in total. The van der Waals surface area contributed by atoms with E-state index in [4.69, 9.17) is 4.98 Å². The maximum absolute atomic E-state index is 13.7. The molecular weight excluding hydrogens is 436 g/mol. The number of imidazole rings is 1. The number of anilines is 1. The predicted molar refractivity (Wildman–Crippen MR) is 135 cm³/mol. The largest absolute Gasteiger partial charge is 0.337 e. The lowest BCUT2D eigenvalue weighted by Crippen LogP contribution is -2.32. The van der Waals surface area contributed by atoms with E-state index in [0.717, 1.165) is 38.8 Å². The zero-order valence-corrected chi connectivity index (χ0v) is 20.5. The Balaban J connectivity index is 1.66. The van der Waals surface area contributed by atoms with Gasteiger partial charge in [0, 0.05) is 41.2 Å². The highest BCUT2D eigenvalue weighted by Crippen LogP contribution is 2.34. The molecule has 1 amide bonds. The van der Waals surface area contributed by atoms with E-state index in [9.17, 15) is 4.79 Å². The zero-order valence-electron chi connectivity index (χ0n) is 18.9. The number of nitrogens with zero attached hydrogens (tertiary/aromatic N) is 4. The van der Waals surface area contributed by atoms with E-state index in [-0.39, 0.29) is 5.91 Å². The number of thiazole rings is 1. The maximum Gasteiger partial charge on any atom is 0.260 e. The van der Waals surface area contributed by atoms with Crippen molar-refractivity contribution in [3.05, 3.63) is 71.8 Å². The van der Waals surface area contributed by atoms with E-state index in [1.165, 1.54) is 5.56 Å². The fourth-order valence-corrected chi connectivity index (χ4v) is 5.64. The quantitative estimate of drug-likeness (QED) is 0.285. The van der Waals surface area contributed by atoms with Crippen LogP contribution in [0.5, 0.6) is 0 Å². The first-order chi connectivity index (χ1) is 15.4. The van der Waals surface area contributed by atoms with Gasteiger partial charge in [0.2, 0.25) is 0 Å². The van der Waals surface area contributed by atoms with Crippen molar-refractivity contribution in [2.24, 2.45) is 0 Å². The van der Waals surface area contributed by atoms with Crippen LogP contribution in [0.15, 0.2) is 60.0 Å². The van der Waals surface area contributed by atoms with Crippen molar-refractivity contribution in [2.45, 2.75) is 50.8 Å². The van der Waals surface area contributed by atoms with Gasteiger partial charge in [-0.2, -0.15) is 0 Å². The van der Waals surface area contributed by atoms with Gasteiger partial charge in [-0.15, -0.1) is 11.8 Å². The monoisotopic (exact) mass is 464 g/mol. The van der Waals surface area contributed by atoms with Gasteiger partial charge < -0.3 is 4.57 Å². The average molecular weight is 465 g/mol. The third kappa shape index (κ3) is 5.05. The molecule has 0 fully saturated rings. The second-order valence-corrected chi connectivity index (χ2v) is 10.8. The van der Waals surface area contributed by atoms with Crippen molar-refractivity contribution in [3.8, 4) is 0 Å². The van der Waals surface area contributed by atoms with Crippen molar-refractivity contribution >= 4 is 44.4 Å². The van der Waals surface area contributed by atoms with Crippen molar-refractivity contribution < 1.29 is 4.79 Å². The van der Waals surface area contributed by atoms with Crippen LogP contribution >= 0.6 is 23.1 Å². The molecule has 5 nitrogen and oxygen atoms in total. The summed E-state index contributed by atoms with van der Waals surface area (Å²) < 4.78 is 3.19. The molecule has 32 heavy (non-hydrogen) atoms. The summed E-state index contributed by atoms with van der Waals surface area (Å²) in [6, 6.07) is 12.2. The van der Waals surface area contributed by atoms with Gasteiger partial charge in [0.05, 0.1) is 16.5 Å². The van der Waals surface area contributed by atoms with E-state index in [0.29, 0.717) is 17.4 Å². The van der Waals surface area contributed by atoms with Crippen LogP contribution < -0.4 is 4.90 Å². The fourth-order valence-electron chi connectivity index (χ4n) is 3.61. The standard InChI is InChI=1S/C25H28N4OS2/c1-17(2)31-21-8-5-7-20(15-21)24(30)29(13-6-12-28-14-11-26-16-28)25-27-22-18(3)9-10-19(4)23(22)32-25/h5,7-11,14-17H,6,12-13H2,1-4H3. The van der Waals surface area contributed by atoms with Gasteiger partial charge in [0.1, 0.15) is 0 Å². The van der Waals surface area contributed by atoms with Crippen LogP contribution in [0.1, 0.15) is 41.8 Å². The van der Waals surface area contributed by atoms with Gasteiger partial charge in [0.15, 0.2) is 5.13 Å². The average Bonchev–Trinajstić information content (AvgIpc) is 3.44. The molecule has 166 valence electrons. The van der Waals surface area contributed by atoms with Crippen LogP contribution in [0, 0.1) is 13.8 Å². The summed E-state index contributed by atoms with van der Waals surface area (Å²) in [4.78, 5) is 25.7. The minimum absolute atomic E-state index is 0.00352. The molecule has 0 aliphatic carbocycles. The normalized spacial score (nSPS) is 11.4. The molecular formula is C25H28N4OS2. The Morgan fingerprint density at radius 2 is 2.00 bits per heavy atom. The smallest absolute Gasteiger partial charge is 0.260 e. The maximum atomic E-state index is 13.7. The molecule has 2 aromatic carbocycles. The lowest BCUT2D eigenvalue weighted by atomic mass is 10.1. The Hall–Kier alpha value is -2.64. The highest BCUT2D eigenvalue weighted by molar-refractivity contribution is 7.99. The first-order valence-corrected chi connectivity index (χ1v) is 12.5. The molecule has 2 aromatic heterocycles. The lowest BCUT2D eigenvalue weighted by Gasteiger charge is -2.20. The predicted octanol–water partition coefficient (Wildman–Crippen LogP) is 6.35. The molecule has 4 aromatic rings. The summed E-state index contributed by atoms with van der Waals surface area (Å²) in [5.41, 5.74) is 4.01. The number of fused-ring (bicyclic) bond motifs is 1. The number of hydrogen-bond donors (Lipinski definition) is 0. The molecule has 0 unspecified atom stereocenters. The number of hydrogen-bond acceptors (Lipinski definition) is 5. The molecule has 0 atom stereocenters. The van der Waals surface area contributed by atoms with Crippen LogP contribution in [-0.4, -0.2) is 32.2 Å². The zero-order chi connectivity index (χ0) is 22.7. The Morgan fingerprint density at radius 1 is 1.19 bits per heavy atom. The molecule has 0 aliphatic rings. The number of rotatable bonds is 8. The number of aromatic nitrogens is 3. The minimum atomic E-state index is -0.00352. The summed E-state index contributed by atoms with van der Waals surface area (Å²) in [6.07, 6.45) is 6.35. The van der Waals surface area contributed by atoms with Gasteiger partial charge >= 0.3 is 0 Å². The van der Waals surface area contributed by atoms with Crippen molar-refractivity contribution in [1.29, 1.82) is 0 Å². The Morgan fingerprint density at radius 3 is 2.72 bits per heavy atom. The number of benzene rings is 2. The van der Waals surface area contributed by atoms with Crippen LogP contribution in [0.3, 0.4) is 0 Å². The summed E-state index contributed by atoms with van der Waals surface area (Å²) in [6.45, 7) is 9.89. The molecule has 0 aliphatic heterocycles. The SMILES string of the molecule is Cc1ccc(C)c2sc(N(CCCn3ccnc3)C(=O)c3cccc(SC(C)C)c3)nc12. The van der Waals surface area contributed by atoms with E-state index in [2.05, 4.69) is 50.9 Å². The number of thioether (sulfide) groups is 1. The first kappa shape index (κ1) is 22.6. The Bertz CT molecular complexity index is 1180. The highest BCUT2D eigenvalue weighted by atomic mass is 32.2. The first-order valence-electron chi connectivity index (χ1n) is 10.8. The summed E-state index contributed by atoms with van der Waals surface area (Å²) >= 11 is 3.37. The number of carbonyl (C=O) groups is 1. The van der Waals surface area contributed by atoms with Crippen LogP contribution in [0.25, 0.3) is 10.2 Å². The molecule has 0 saturated carbocycles. The number of amides is 1. The Kier molecular flexibility index (Phi) is 6.96. The van der Waals surface area contributed by atoms with Crippen LogP contribution in [0.4, 0.5) is 5.13 Å². The lowest BCUT2D eigenvalue weighted by molar-refractivity contribution is 0.0986. The summed E-state index contributed by atoms with van der Waals surface area (Å²) in [7, 11) is 0. The van der Waals surface area contributed by atoms with Crippen molar-refractivity contribution in [1.82, 2.24) is 14.5 Å². The highest BCUT2D eigenvalue weighted by Gasteiger charge is 2.22. The van der Waals surface area contributed by atoms with Crippen molar-refractivity contribution in [3.63, 3.8) is 0 Å². The fraction of sp³-hybridized carbons (Fsp3) is 0.320. The van der Waals surface area contributed by atoms with Crippen LogP contribution in [0.2, 0.25) is 0 Å². The third-order valence-electron chi connectivity index (χ3n) is 5.22. The van der Waals surface area contributed by atoms with E-state index in [1.54, 1.807) is 29.3 Å². The van der Waals surface area contributed by atoms with E-state index in [1.807, 2.05) is 40.2 Å². The van der Waals surface area contributed by atoms with Crippen molar-refractivity contribution in [2.75, 3.05) is 11.4 Å². The van der Waals surface area contributed by atoms with Gasteiger partial charge in [-0.05, 0) is 49.6 Å². The number of aryl methyl sites for hydroxylation is 3. The van der Waals surface area contributed by atoms with Crippen LogP contribution in [-0.2, 0) is 6.54 Å². The molecule has 0 radical (unpaired) electrons. The topological polar surface area (TPSA) is 51.0 Å². The second-order valence-electron chi connectivity index (χ2n) is 8.18. The van der Waals surface area contributed by atoms with Gasteiger partial charge in [-0.25, -0.2) is 9.97 Å². The minimum Gasteiger partial charge on any atom is -0.337 e.